The molecule has 0 unspecified atom stereocenters. The second-order valence-corrected chi connectivity index (χ2v) is 8.74. The van der Waals surface area contributed by atoms with Gasteiger partial charge in [0.15, 0.2) is 0 Å². The Morgan fingerprint density at radius 3 is 2.34 bits per heavy atom. The molecule has 2 heterocycles. The number of hydrogen-bond donors (Lipinski definition) is 0. The van der Waals surface area contributed by atoms with Crippen LogP contribution in [0.3, 0.4) is 0 Å². The van der Waals surface area contributed by atoms with Crippen LogP contribution in [0.1, 0.15) is 28.7 Å². The van der Waals surface area contributed by atoms with Gasteiger partial charge < -0.3 is 9.47 Å². The number of fused-ring (bicyclic) bond motifs is 1. The van der Waals surface area contributed by atoms with Crippen LogP contribution in [0.2, 0.25) is 0 Å². The molecule has 0 fully saturated rings. The molecule has 1 amide bonds. The number of nitrogens with zero attached hydrogens (tertiary/aromatic N) is 2. The fourth-order valence-electron chi connectivity index (χ4n) is 4.13. The molecule has 38 heavy (non-hydrogen) atoms. The second-order valence-electron chi connectivity index (χ2n) is 8.74. The minimum absolute atomic E-state index is 0.0118. The maximum atomic E-state index is 14.8. The molecule has 0 radical (unpaired) electrons. The van der Waals surface area contributed by atoms with E-state index in [-0.39, 0.29) is 41.9 Å². The molecule has 0 aromatic heterocycles. The number of ether oxygens (including phenoxy) is 2. The maximum Gasteiger partial charge on any atom is 0.416 e. The largest absolute Gasteiger partial charge is 0.489 e. The first-order valence-corrected chi connectivity index (χ1v) is 11.2. The molecule has 0 saturated carbocycles. The van der Waals surface area contributed by atoms with Gasteiger partial charge in [0, 0.05) is 42.5 Å². The van der Waals surface area contributed by atoms with Crippen LogP contribution in [0.5, 0.6) is 11.5 Å². The zero-order chi connectivity index (χ0) is 27.7. The fourth-order valence-corrected chi connectivity index (χ4v) is 4.13. The van der Waals surface area contributed by atoms with Gasteiger partial charge in [-0.15, -0.1) is 4.91 Å². The molecule has 13 heteroatoms. The van der Waals surface area contributed by atoms with E-state index in [0.717, 1.165) is 6.07 Å². The summed E-state index contributed by atoms with van der Waals surface area (Å²) in [7, 11) is 0. The van der Waals surface area contributed by atoms with Crippen molar-refractivity contribution in [1.29, 1.82) is 0 Å². The van der Waals surface area contributed by atoms with E-state index in [0.29, 0.717) is 37.2 Å². The molecule has 2 aromatic carbocycles. The number of amides is 1. The van der Waals surface area contributed by atoms with Gasteiger partial charge in [-0.1, -0.05) is 6.08 Å². The van der Waals surface area contributed by atoms with Crippen molar-refractivity contribution in [3.8, 4) is 11.5 Å². The summed E-state index contributed by atoms with van der Waals surface area (Å²) in [6.45, 7) is 0.521. The van der Waals surface area contributed by atoms with Crippen molar-refractivity contribution in [2.75, 3.05) is 26.2 Å². The standard InChI is InChI=1S/C25H19F7N2O4/c26-21-8-19(37-12-14-4-17(24(27,28)29)7-18(5-14)25(30,31)32)9-22-20(21)6-15(13-38-22)10-34-3-1-2-16(11-34)23(35)33-36/h2,4-9H,1,3,10-13H2. The molecular weight excluding hydrogens is 525 g/mol. The van der Waals surface area contributed by atoms with Gasteiger partial charge in [0.25, 0.3) is 0 Å². The van der Waals surface area contributed by atoms with Gasteiger partial charge >= 0.3 is 18.3 Å². The number of carbonyl (C=O) groups excluding carboxylic acids is 1. The zero-order valence-electron chi connectivity index (χ0n) is 19.5. The molecule has 4 rings (SSSR count). The van der Waals surface area contributed by atoms with E-state index in [1.807, 2.05) is 4.90 Å². The van der Waals surface area contributed by atoms with Gasteiger partial charge in [-0.2, -0.15) is 26.3 Å². The number of rotatable bonds is 6. The zero-order valence-corrected chi connectivity index (χ0v) is 19.5. The van der Waals surface area contributed by atoms with Crippen molar-refractivity contribution in [3.63, 3.8) is 0 Å². The third-order valence-corrected chi connectivity index (χ3v) is 5.89. The maximum absolute atomic E-state index is 14.8. The van der Waals surface area contributed by atoms with Gasteiger partial charge in [-0.3, -0.25) is 9.69 Å². The van der Waals surface area contributed by atoms with E-state index in [4.69, 9.17) is 9.47 Å². The minimum Gasteiger partial charge on any atom is -0.489 e. The summed E-state index contributed by atoms with van der Waals surface area (Å²) < 4.78 is 104. The van der Waals surface area contributed by atoms with Crippen LogP contribution < -0.4 is 9.47 Å². The van der Waals surface area contributed by atoms with Crippen molar-refractivity contribution < 1.29 is 45.0 Å². The average molecular weight is 544 g/mol. The van der Waals surface area contributed by atoms with E-state index in [1.165, 1.54) is 6.07 Å². The monoisotopic (exact) mass is 544 g/mol. The molecule has 202 valence electrons. The Balaban J connectivity index is 1.48. The summed E-state index contributed by atoms with van der Waals surface area (Å²) in [4.78, 5) is 23.9. The molecule has 0 bridgehead atoms. The van der Waals surface area contributed by atoms with Gasteiger partial charge in [0.2, 0.25) is 0 Å². The Morgan fingerprint density at radius 1 is 1.03 bits per heavy atom. The lowest BCUT2D eigenvalue weighted by Gasteiger charge is -2.28. The lowest BCUT2D eigenvalue weighted by molar-refractivity contribution is -0.143. The number of alkyl halides is 6. The van der Waals surface area contributed by atoms with Crippen molar-refractivity contribution in [1.82, 2.24) is 4.90 Å². The smallest absolute Gasteiger partial charge is 0.416 e. The van der Waals surface area contributed by atoms with Crippen LogP contribution in [-0.2, 0) is 23.8 Å². The molecule has 2 aliphatic heterocycles. The van der Waals surface area contributed by atoms with Crippen molar-refractivity contribution in [2.45, 2.75) is 25.4 Å². The van der Waals surface area contributed by atoms with Gasteiger partial charge in [-0.25, -0.2) is 4.39 Å². The van der Waals surface area contributed by atoms with Gasteiger partial charge in [0.1, 0.15) is 30.5 Å². The van der Waals surface area contributed by atoms with E-state index < -0.39 is 47.4 Å². The highest BCUT2D eigenvalue weighted by Crippen LogP contribution is 2.37. The number of benzene rings is 2. The Kier molecular flexibility index (Phi) is 7.58. The van der Waals surface area contributed by atoms with Crippen molar-refractivity contribution >= 4 is 12.0 Å². The number of nitroso groups, excluding NO2 is 1. The van der Waals surface area contributed by atoms with Crippen LogP contribution in [0.4, 0.5) is 30.7 Å². The third-order valence-electron chi connectivity index (χ3n) is 5.89. The minimum atomic E-state index is -5.00. The van der Waals surface area contributed by atoms with Crippen LogP contribution in [0, 0.1) is 10.7 Å². The first kappa shape index (κ1) is 27.3. The lowest BCUT2D eigenvalue weighted by Crippen LogP contribution is -2.34. The van der Waals surface area contributed by atoms with Crippen LogP contribution >= 0.6 is 0 Å². The topological polar surface area (TPSA) is 68.2 Å². The van der Waals surface area contributed by atoms with E-state index in [1.54, 1.807) is 12.2 Å². The normalized spacial score (nSPS) is 16.2. The van der Waals surface area contributed by atoms with Crippen molar-refractivity contribution in [2.24, 2.45) is 5.18 Å². The summed E-state index contributed by atoms with van der Waals surface area (Å²) in [6, 6.07) is 3.33. The summed E-state index contributed by atoms with van der Waals surface area (Å²) in [5, 5.41) is 2.42. The van der Waals surface area contributed by atoms with E-state index in [9.17, 15) is 40.4 Å². The summed E-state index contributed by atoms with van der Waals surface area (Å²) in [6.07, 6.45) is -6.27. The molecule has 6 nitrogen and oxygen atoms in total. The Morgan fingerprint density at radius 2 is 1.71 bits per heavy atom. The number of halogens is 7. The molecule has 0 atom stereocenters. The highest BCUT2D eigenvalue weighted by atomic mass is 19.4. The quantitative estimate of drug-likeness (QED) is 0.323. The molecular formula is C25H19F7N2O4. The average Bonchev–Trinajstić information content (AvgIpc) is 2.86. The predicted octanol–water partition coefficient (Wildman–Crippen LogP) is 6.14. The first-order valence-electron chi connectivity index (χ1n) is 11.2. The fraction of sp³-hybridized carbons (Fsp3) is 0.320. The molecule has 2 aliphatic rings. The van der Waals surface area contributed by atoms with E-state index >= 15 is 0 Å². The molecule has 2 aromatic rings. The van der Waals surface area contributed by atoms with Crippen LogP contribution in [-0.4, -0.2) is 37.0 Å². The number of carbonyl (C=O) groups is 1. The Labute approximate surface area is 211 Å². The second kappa shape index (κ2) is 10.6. The third kappa shape index (κ3) is 6.39. The lowest BCUT2D eigenvalue weighted by atomic mass is 10.0. The predicted molar refractivity (Wildman–Crippen MR) is 121 cm³/mol. The Hall–Kier alpha value is -3.74. The summed E-state index contributed by atoms with van der Waals surface area (Å²) in [5.41, 5.74) is -2.30. The molecule has 0 aliphatic carbocycles. The highest BCUT2D eigenvalue weighted by Gasteiger charge is 2.37. The molecule has 0 spiro atoms. The van der Waals surface area contributed by atoms with Crippen molar-refractivity contribution in [3.05, 3.63) is 80.5 Å². The van der Waals surface area contributed by atoms with Gasteiger partial charge in [0.05, 0.1) is 16.7 Å². The van der Waals surface area contributed by atoms with Gasteiger partial charge in [-0.05, 0) is 41.8 Å². The molecule has 0 N–H and O–H groups in total. The SMILES string of the molecule is O=NC(=O)C1=CCCN(CC2=Cc3c(F)cc(OCc4cc(C(F)(F)F)cc(C(F)(F)F)c4)cc3OC2)C1. The van der Waals surface area contributed by atoms with Crippen LogP contribution in [0.25, 0.3) is 6.08 Å². The summed E-state index contributed by atoms with van der Waals surface area (Å²) >= 11 is 0. The molecule has 0 saturated heterocycles. The number of hydrogen-bond acceptors (Lipinski definition) is 5. The Bertz CT molecular complexity index is 1280. The first-order chi connectivity index (χ1) is 17.8. The van der Waals surface area contributed by atoms with Crippen LogP contribution in [0.15, 0.2) is 52.7 Å². The summed E-state index contributed by atoms with van der Waals surface area (Å²) in [5.74, 6) is -1.67. The highest BCUT2D eigenvalue weighted by molar-refractivity contribution is 5.94. The van der Waals surface area contributed by atoms with E-state index in [2.05, 4.69) is 5.18 Å².